The van der Waals surface area contributed by atoms with E-state index in [2.05, 4.69) is 14.9 Å². The Bertz CT molecular complexity index is 340. The van der Waals surface area contributed by atoms with Crippen molar-refractivity contribution in [2.45, 2.75) is 13.0 Å². The second-order valence-corrected chi connectivity index (χ2v) is 3.89. The molecule has 0 unspecified atom stereocenters. The summed E-state index contributed by atoms with van der Waals surface area (Å²) in [5.74, 6) is 0. The summed E-state index contributed by atoms with van der Waals surface area (Å²) in [6.07, 6.45) is 0.897. The molecule has 0 saturated carbocycles. The fourth-order valence-electron chi connectivity index (χ4n) is 1.48. The molecular weight excluding hydrogens is 209 g/mol. The van der Waals surface area contributed by atoms with Gasteiger partial charge in [-0.25, -0.2) is 9.97 Å². The molecule has 0 fully saturated rings. The zero-order valence-electron chi connectivity index (χ0n) is 7.22. The molecule has 1 aliphatic heterocycles. The van der Waals surface area contributed by atoms with Crippen LogP contribution in [0.1, 0.15) is 11.3 Å². The van der Waals surface area contributed by atoms with Crippen LogP contribution in [0, 0.1) is 0 Å². The van der Waals surface area contributed by atoms with E-state index in [1.165, 1.54) is 0 Å². The SMILES string of the molecule is CN1CCc2nc(Cl)nc(Cl)c2C1. The molecule has 2 rings (SSSR count). The lowest BCUT2D eigenvalue weighted by atomic mass is 10.1. The maximum Gasteiger partial charge on any atom is 0.224 e. The average Bonchev–Trinajstić information content (AvgIpc) is 2.06. The molecule has 0 radical (unpaired) electrons. The lowest BCUT2D eigenvalue weighted by Crippen LogP contribution is -2.27. The molecule has 0 aliphatic carbocycles. The molecule has 0 spiro atoms. The fourth-order valence-corrected chi connectivity index (χ4v) is 1.96. The molecule has 5 heteroatoms. The van der Waals surface area contributed by atoms with Crippen LogP contribution in [-0.2, 0) is 13.0 Å². The van der Waals surface area contributed by atoms with E-state index in [-0.39, 0.29) is 5.28 Å². The number of hydrogen-bond acceptors (Lipinski definition) is 3. The summed E-state index contributed by atoms with van der Waals surface area (Å²) in [4.78, 5) is 10.3. The summed E-state index contributed by atoms with van der Waals surface area (Å²) >= 11 is 11.6. The van der Waals surface area contributed by atoms with Gasteiger partial charge in [-0.2, -0.15) is 0 Å². The minimum absolute atomic E-state index is 0.244. The Labute approximate surface area is 86.7 Å². The first-order chi connectivity index (χ1) is 6.16. The molecule has 0 aromatic carbocycles. The van der Waals surface area contributed by atoms with Gasteiger partial charge in [0.2, 0.25) is 5.28 Å². The molecular formula is C8H9Cl2N3. The van der Waals surface area contributed by atoms with E-state index < -0.39 is 0 Å². The van der Waals surface area contributed by atoms with Crippen molar-refractivity contribution >= 4 is 23.2 Å². The van der Waals surface area contributed by atoms with E-state index in [9.17, 15) is 0 Å². The highest BCUT2D eigenvalue weighted by atomic mass is 35.5. The second kappa shape index (κ2) is 3.40. The zero-order chi connectivity index (χ0) is 9.42. The van der Waals surface area contributed by atoms with Crippen LogP contribution in [0.4, 0.5) is 0 Å². The Morgan fingerprint density at radius 1 is 1.31 bits per heavy atom. The van der Waals surface area contributed by atoms with Crippen molar-refractivity contribution in [2.75, 3.05) is 13.6 Å². The van der Waals surface area contributed by atoms with Gasteiger partial charge in [-0.3, -0.25) is 0 Å². The summed E-state index contributed by atoms with van der Waals surface area (Å²) in [5, 5.41) is 0.731. The third-order valence-corrected chi connectivity index (χ3v) is 2.66. The Hall–Kier alpha value is -0.380. The van der Waals surface area contributed by atoms with Gasteiger partial charge in [-0.1, -0.05) is 11.6 Å². The van der Waals surface area contributed by atoms with Gasteiger partial charge in [0.15, 0.2) is 0 Å². The van der Waals surface area contributed by atoms with Crippen molar-refractivity contribution in [3.05, 3.63) is 21.7 Å². The number of rotatable bonds is 0. The first kappa shape index (κ1) is 9.19. The number of likely N-dealkylation sites (N-methyl/N-ethyl adjacent to an activating group) is 1. The predicted molar refractivity (Wildman–Crippen MR) is 52.1 cm³/mol. The van der Waals surface area contributed by atoms with Crippen molar-refractivity contribution in [1.29, 1.82) is 0 Å². The molecule has 70 valence electrons. The third kappa shape index (κ3) is 1.77. The van der Waals surface area contributed by atoms with Crippen LogP contribution in [0.15, 0.2) is 0 Å². The topological polar surface area (TPSA) is 29.0 Å². The Balaban J connectivity index is 2.47. The summed E-state index contributed by atoms with van der Waals surface area (Å²) < 4.78 is 0. The molecule has 0 N–H and O–H groups in total. The quantitative estimate of drug-likeness (QED) is 0.490. The molecule has 1 aliphatic rings. The van der Waals surface area contributed by atoms with Crippen LogP contribution in [0.3, 0.4) is 0 Å². The zero-order valence-corrected chi connectivity index (χ0v) is 8.73. The molecule has 0 bridgehead atoms. The summed E-state index contributed by atoms with van der Waals surface area (Å²) in [7, 11) is 2.05. The van der Waals surface area contributed by atoms with E-state index in [0.29, 0.717) is 5.15 Å². The molecule has 0 atom stereocenters. The van der Waals surface area contributed by atoms with Gasteiger partial charge < -0.3 is 4.90 Å². The van der Waals surface area contributed by atoms with Gasteiger partial charge in [-0.05, 0) is 18.6 Å². The molecule has 0 saturated heterocycles. The van der Waals surface area contributed by atoms with Gasteiger partial charge >= 0.3 is 0 Å². The summed E-state index contributed by atoms with van der Waals surface area (Å²) in [5.41, 5.74) is 2.00. The van der Waals surface area contributed by atoms with Crippen molar-refractivity contribution in [3.63, 3.8) is 0 Å². The standard InChI is InChI=1S/C8H9Cl2N3/c1-13-3-2-6-5(4-13)7(9)12-8(10)11-6/h2-4H2,1H3. The molecule has 13 heavy (non-hydrogen) atoms. The molecule has 1 aromatic rings. The number of aromatic nitrogens is 2. The minimum Gasteiger partial charge on any atom is -0.302 e. The number of nitrogens with zero attached hydrogens (tertiary/aromatic N) is 3. The van der Waals surface area contributed by atoms with Gasteiger partial charge in [0, 0.05) is 25.1 Å². The van der Waals surface area contributed by atoms with Crippen LogP contribution in [0.2, 0.25) is 10.4 Å². The molecule has 1 aromatic heterocycles. The van der Waals surface area contributed by atoms with Crippen molar-refractivity contribution in [2.24, 2.45) is 0 Å². The first-order valence-corrected chi connectivity index (χ1v) is 4.82. The fraction of sp³-hybridized carbons (Fsp3) is 0.500. The van der Waals surface area contributed by atoms with E-state index in [1.54, 1.807) is 0 Å². The van der Waals surface area contributed by atoms with Gasteiger partial charge in [-0.15, -0.1) is 0 Å². The predicted octanol–water partition coefficient (Wildman–Crippen LogP) is 1.77. The highest BCUT2D eigenvalue weighted by Gasteiger charge is 2.18. The van der Waals surface area contributed by atoms with Crippen LogP contribution in [-0.4, -0.2) is 28.5 Å². The maximum atomic E-state index is 5.95. The van der Waals surface area contributed by atoms with Crippen LogP contribution >= 0.6 is 23.2 Å². The molecule has 2 heterocycles. The van der Waals surface area contributed by atoms with Gasteiger partial charge in [0.25, 0.3) is 0 Å². The average molecular weight is 218 g/mol. The van der Waals surface area contributed by atoms with E-state index in [1.807, 2.05) is 7.05 Å². The number of fused-ring (bicyclic) bond motifs is 1. The van der Waals surface area contributed by atoms with Gasteiger partial charge in [0.1, 0.15) is 5.15 Å². The maximum absolute atomic E-state index is 5.95. The molecule has 0 amide bonds. The number of hydrogen-bond donors (Lipinski definition) is 0. The van der Waals surface area contributed by atoms with E-state index >= 15 is 0 Å². The summed E-state index contributed by atoms with van der Waals surface area (Å²) in [6.45, 7) is 1.81. The van der Waals surface area contributed by atoms with Crippen LogP contribution in [0.25, 0.3) is 0 Å². The van der Waals surface area contributed by atoms with Crippen LogP contribution in [0.5, 0.6) is 0 Å². The Kier molecular flexibility index (Phi) is 2.41. The highest BCUT2D eigenvalue weighted by Crippen LogP contribution is 2.23. The number of halogens is 2. The second-order valence-electron chi connectivity index (χ2n) is 3.20. The van der Waals surface area contributed by atoms with E-state index in [0.717, 1.165) is 30.8 Å². The molecule has 3 nitrogen and oxygen atoms in total. The third-order valence-electron chi connectivity index (χ3n) is 2.17. The van der Waals surface area contributed by atoms with Crippen molar-refractivity contribution < 1.29 is 0 Å². The van der Waals surface area contributed by atoms with E-state index in [4.69, 9.17) is 23.2 Å². The lowest BCUT2D eigenvalue weighted by Gasteiger charge is -2.24. The van der Waals surface area contributed by atoms with Crippen molar-refractivity contribution in [1.82, 2.24) is 14.9 Å². The lowest BCUT2D eigenvalue weighted by molar-refractivity contribution is 0.309. The smallest absolute Gasteiger partial charge is 0.224 e. The van der Waals surface area contributed by atoms with Crippen LogP contribution < -0.4 is 0 Å². The Morgan fingerprint density at radius 3 is 2.85 bits per heavy atom. The minimum atomic E-state index is 0.244. The summed E-state index contributed by atoms with van der Waals surface area (Å²) in [6, 6.07) is 0. The van der Waals surface area contributed by atoms with Crippen molar-refractivity contribution in [3.8, 4) is 0 Å². The van der Waals surface area contributed by atoms with Gasteiger partial charge in [0.05, 0.1) is 5.69 Å². The largest absolute Gasteiger partial charge is 0.302 e. The normalized spacial score (nSPS) is 17.2. The Morgan fingerprint density at radius 2 is 2.08 bits per heavy atom. The monoisotopic (exact) mass is 217 g/mol. The highest BCUT2D eigenvalue weighted by molar-refractivity contribution is 6.32. The first-order valence-electron chi connectivity index (χ1n) is 4.06.